The van der Waals surface area contributed by atoms with E-state index in [9.17, 15) is 13.2 Å². The van der Waals surface area contributed by atoms with Crippen LogP contribution in [0.4, 0.5) is 5.13 Å². The van der Waals surface area contributed by atoms with Gasteiger partial charge in [0.25, 0.3) is 5.91 Å². The quantitative estimate of drug-likeness (QED) is 0.660. The lowest BCUT2D eigenvalue weighted by molar-refractivity contribution is -0.118. The van der Waals surface area contributed by atoms with Gasteiger partial charge in [0.2, 0.25) is 0 Å². The number of ether oxygens (including phenoxy) is 1. The SMILES string of the molecule is Cc1ccc(OCC(=O)Nc2nc(-c3ccc(S(C)(=O)=O)cc3)cs2)cc1C. The van der Waals surface area contributed by atoms with Crippen LogP contribution in [-0.4, -0.2) is 32.2 Å². The third-order valence-electron chi connectivity index (χ3n) is 4.18. The van der Waals surface area contributed by atoms with Crippen LogP contribution in [0.15, 0.2) is 52.7 Å². The first-order chi connectivity index (χ1) is 13.2. The van der Waals surface area contributed by atoms with Crippen LogP contribution < -0.4 is 10.1 Å². The number of aromatic nitrogens is 1. The van der Waals surface area contributed by atoms with Crippen molar-refractivity contribution in [1.29, 1.82) is 0 Å². The minimum Gasteiger partial charge on any atom is -0.484 e. The summed E-state index contributed by atoms with van der Waals surface area (Å²) < 4.78 is 28.6. The molecule has 0 radical (unpaired) electrons. The van der Waals surface area contributed by atoms with Gasteiger partial charge in [0, 0.05) is 17.2 Å². The van der Waals surface area contributed by atoms with Crippen molar-refractivity contribution in [2.45, 2.75) is 18.7 Å². The van der Waals surface area contributed by atoms with Crippen LogP contribution in [0.3, 0.4) is 0 Å². The van der Waals surface area contributed by atoms with Crippen LogP contribution >= 0.6 is 11.3 Å². The lowest BCUT2D eigenvalue weighted by Gasteiger charge is -2.07. The Morgan fingerprint density at radius 1 is 1.11 bits per heavy atom. The van der Waals surface area contributed by atoms with Crippen LogP contribution in [0.1, 0.15) is 11.1 Å². The van der Waals surface area contributed by atoms with Gasteiger partial charge < -0.3 is 4.74 Å². The summed E-state index contributed by atoms with van der Waals surface area (Å²) >= 11 is 1.29. The highest BCUT2D eigenvalue weighted by Gasteiger charge is 2.11. The Morgan fingerprint density at radius 2 is 1.82 bits per heavy atom. The molecule has 0 bridgehead atoms. The molecule has 1 aromatic heterocycles. The summed E-state index contributed by atoms with van der Waals surface area (Å²) in [5.74, 6) is 0.343. The molecule has 6 nitrogen and oxygen atoms in total. The van der Waals surface area contributed by atoms with E-state index in [1.807, 2.05) is 32.0 Å². The second-order valence-electron chi connectivity index (χ2n) is 6.42. The third kappa shape index (κ3) is 4.96. The van der Waals surface area contributed by atoms with Crippen molar-refractivity contribution >= 4 is 32.2 Å². The van der Waals surface area contributed by atoms with E-state index in [0.717, 1.165) is 16.7 Å². The number of aryl methyl sites for hydroxylation is 2. The van der Waals surface area contributed by atoms with E-state index < -0.39 is 9.84 Å². The van der Waals surface area contributed by atoms with Crippen molar-refractivity contribution < 1.29 is 17.9 Å². The summed E-state index contributed by atoms with van der Waals surface area (Å²) in [6.45, 7) is 3.89. The number of nitrogens with zero attached hydrogens (tertiary/aromatic N) is 1. The topological polar surface area (TPSA) is 85.4 Å². The first kappa shape index (κ1) is 20.0. The highest BCUT2D eigenvalue weighted by molar-refractivity contribution is 7.90. The number of carbonyl (C=O) groups is 1. The van der Waals surface area contributed by atoms with Crippen molar-refractivity contribution in [3.05, 3.63) is 59.0 Å². The van der Waals surface area contributed by atoms with Crippen LogP contribution in [-0.2, 0) is 14.6 Å². The zero-order valence-corrected chi connectivity index (χ0v) is 17.4. The molecule has 2 aromatic carbocycles. The Kier molecular flexibility index (Phi) is 5.81. The van der Waals surface area contributed by atoms with E-state index in [1.165, 1.54) is 17.6 Å². The number of rotatable bonds is 6. The Labute approximate surface area is 168 Å². The molecule has 146 valence electrons. The predicted molar refractivity (Wildman–Crippen MR) is 111 cm³/mol. The number of carbonyl (C=O) groups excluding carboxylic acids is 1. The molecule has 0 saturated heterocycles. The monoisotopic (exact) mass is 416 g/mol. The number of benzene rings is 2. The van der Waals surface area contributed by atoms with Gasteiger partial charge in [-0.15, -0.1) is 11.3 Å². The molecule has 0 unspecified atom stereocenters. The number of hydrogen-bond acceptors (Lipinski definition) is 6. The standard InChI is InChI=1S/C20H20N2O4S2/c1-13-4-7-16(10-14(13)2)26-11-19(23)22-20-21-18(12-27-20)15-5-8-17(9-6-15)28(3,24)25/h4-10,12H,11H2,1-3H3,(H,21,22,23). The molecule has 0 atom stereocenters. The van der Waals surface area contributed by atoms with E-state index in [-0.39, 0.29) is 17.4 Å². The minimum absolute atomic E-state index is 0.111. The molecule has 1 heterocycles. The van der Waals surface area contributed by atoms with Crippen molar-refractivity contribution in [3.8, 4) is 17.0 Å². The van der Waals surface area contributed by atoms with Gasteiger partial charge in [-0.25, -0.2) is 13.4 Å². The minimum atomic E-state index is -3.24. The molecular formula is C20H20N2O4S2. The van der Waals surface area contributed by atoms with Gasteiger partial charge in [-0.3, -0.25) is 10.1 Å². The van der Waals surface area contributed by atoms with Crippen LogP contribution in [0.2, 0.25) is 0 Å². The second-order valence-corrected chi connectivity index (χ2v) is 9.29. The molecule has 0 spiro atoms. The van der Waals surface area contributed by atoms with Gasteiger partial charge in [-0.2, -0.15) is 0 Å². The van der Waals surface area contributed by atoms with E-state index >= 15 is 0 Å². The van der Waals surface area contributed by atoms with Crippen molar-refractivity contribution in [1.82, 2.24) is 4.98 Å². The van der Waals surface area contributed by atoms with Gasteiger partial charge in [-0.1, -0.05) is 18.2 Å². The Hall–Kier alpha value is -2.71. The molecule has 1 amide bonds. The Bertz CT molecular complexity index is 1100. The summed E-state index contributed by atoms with van der Waals surface area (Å²) in [5, 5.41) is 4.97. The highest BCUT2D eigenvalue weighted by Crippen LogP contribution is 2.26. The number of hydrogen-bond donors (Lipinski definition) is 1. The van der Waals surface area contributed by atoms with E-state index in [0.29, 0.717) is 16.6 Å². The maximum absolute atomic E-state index is 12.1. The molecule has 0 fully saturated rings. The number of thiazole rings is 1. The van der Waals surface area contributed by atoms with E-state index in [2.05, 4.69) is 10.3 Å². The fraction of sp³-hybridized carbons (Fsp3) is 0.200. The third-order valence-corrected chi connectivity index (χ3v) is 6.06. The second kappa shape index (κ2) is 8.12. The van der Waals surface area contributed by atoms with Gasteiger partial charge in [-0.05, 0) is 49.2 Å². The van der Waals surface area contributed by atoms with Gasteiger partial charge in [0.1, 0.15) is 5.75 Å². The maximum atomic E-state index is 12.1. The molecule has 0 aliphatic rings. The predicted octanol–water partition coefficient (Wildman–Crippen LogP) is 3.85. The smallest absolute Gasteiger partial charge is 0.264 e. The number of nitrogens with one attached hydrogen (secondary N) is 1. The lowest BCUT2D eigenvalue weighted by atomic mass is 10.1. The summed E-state index contributed by atoms with van der Waals surface area (Å²) in [7, 11) is -3.24. The largest absolute Gasteiger partial charge is 0.484 e. The summed E-state index contributed by atoms with van der Waals surface area (Å²) in [6, 6.07) is 12.1. The first-order valence-corrected chi connectivity index (χ1v) is 11.3. The summed E-state index contributed by atoms with van der Waals surface area (Å²) in [5.41, 5.74) is 3.70. The molecule has 0 aliphatic carbocycles. The molecular weight excluding hydrogens is 396 g/mol. The lowest BCUT2D eigenvalue weighted by Crippen LogP contribution is -2.20. The molecule has 0 saturated carbocycles. The normalized spacial score (nSPS) is 11.2. The van der Waals surface area contributed by atoms with Gasteiger partial charge in [0.15, 0.2) is 21.6 Å². The first-order valence-electron chi connectivity index (χ1n) is 8.48. The van der Waals surface area contributed by atoms with Crippen LogP contribution in [0.5, 0.6) is 5.75 Å². The number of anilines is 1. The molecule has 3 aromatic rings. The highest BCUT2D eigenvalue weighted by atomic mass is 32.2. The fourth-order valence-electron chi connectivity index (χ4n) is 2.44. The number of sulfone groups is 1. The fourth-order valence-corrected chi connectivity index (χ4v) is 3.81. The average molecular weight is 417 g/mol. The molecule has 8 heteroatoms. The molecule has 28 heavy (non-hydrogen) atoms. The van der Waals surface area contributed by atoms with Crippen LogP contribution in [0.25, 0.3) is 11.3 Å². The van der Waals surface area contributed by atoms with E-state index in [1.54, 1.807) is 29.6 Å². The van der Waals surface area contributed by atoms with E-state index in [4.69, 9.17) is 4.74 Å². The molecule has 1 N–H and O–H groups in total. The Balaban J connectivity index is 1.60. The van der Waals surface area contributed by atoms with Crippen molar-refractivity contribution in [3.63, 3.8) is 0 Å². The van der Waals surface area contributed by atoms with Gasteiger partial charge in [0.05, 0.1) is 10.6 Å². The Morgan fingerprint density at radius 3 is 2.46 bits per heavy atom. The molecule has 3 rings (SSSR count). The van der Waals surface area contributed by atoms with Crippen LogP contribution in [0, 0.1) is 13.8 Å². The van der Waals surface area contributed by atoms with Crippen molar-refractivity contribution in [2.24, 2.45) is 0 Å². The summed E-state index contributed by atoms with van der Waals surface area (Å²) in [6.07, 6.45) is 1.17. The summed E-state index contributed by atoms with van der Waals surface area (Å²) in [4.78, 5) is 16.7. The number of amides is 1. The molecule has 0 aliphatic heterocycles. The van der Waals surface area contributed by atoms with Gasteiger partial charge >= 0.3 is 0 Å². The zero-order valence-electron chi connectivity index (χ0n) is 15.7. The average Bonchev–Trinajstić information content (AvgIpc) is 3.10. The maximum Gasteiger partial charge on any atom is 0.264 e. The zero-order chi connectivity index (χ0) is 20.3. The van der Waals surface area contributed by atoms with Crippen molar-refractivity contribution in [2.75, 3.05) is 18.2 Å².